The van der Waals surface area contributed by atoms with Crippen molar-refractivity contribution in [2.24, 2.45) is 0 Å². The number of esters is 1. The maximum Gasteiger partial charge on any atom is 0.305 e. The van der Waals surface area contributed by atoms with Crippen molar-refractivity contribution in [3.63, 3.8) is 0 Å². The molecule has 0 aliphatic carbocycles. The van der Waals surface area contributed by atoms with E-state index in [1.165, 1.54) is 16.3 Å². The Labute approximate surface area is 119 Å². The first kappa shape index (κ1) is 14.4. The summed E-state index contributed by atoms with van der Waals surface area (Å²) in [7, 11) is 0. The molecule has 0 amide bonds. The second-order valence-electron chi connectivity index (χ2n) is 4.77. The Morgan fingerprint density at radius 1 is 1.10 bits per heavy atom. The molecule has 0 radical (unpaired) electrons. The molecule has 3 heteroatoms. The Morgan fingerprint density at radius 3 is 2.65 bits per heavy atom. The van der Waals surface area contributed by atoms with E-state index in [-0.39, 0.29) is 5.97 Å². The fourth-order valence-corrected chi connectivity index (χ4v) is 2.07. The molecule has 2 rings (SSSR count). The number of aryl methyl sites for hydroxylation is 1. The van der Waals surface area contributed by atoms with E-state index in [4.69, 9.17) is 9.47 Å². The average Bonchev–Trinajstić information content (AvgIpc) is 2.44. The van der Waals surface area contributed by atoms with E-state index in [1.807, 2.05) is 19.1 Å². The van der Waals surface area contributed by atoms with Gasteiger partial charge in [0.2, 0.25) is 0 Å². The summed E-state index contributed by atoms with van der Waals surface area (Å²) in [6.07, 6.45) is 1.07. The first-order valence-corrected chi connectivity index (χ1v) is 6.98. The summed E-state index contributed by atoms with van der Waals surface area (Å²) in [5.74, 6) is 0.676. The third kappa shape index (κ3) is 3.98. The number of ether oxygens (including phenoxy) is 2. The molecule has 0 unspecified atom stereocenters. The molecule has 0 fully saturated rings. The molecule has 2 aromatic rings. The van der Waals surface area contributed by atoms with E-state index in [0.717, 1.165) is 5.75 Å². The minimum absolute atomic E-state index is 0.162. The Hall–Kier alpha value is -2.03. The summed E-state index contributed by atoms with van der Waals surface area (Å²) in [4.78, 5) is 11.2. The highest BCUT2D eigenvalue weighted by Gasteiger charge is 2.02. The predicted molar refractivity (Wildman–Crippen MR) is 80.0 cm³/mol. The monoisotopic (exact) mass is 272 g/mol. The molecule has 0 heterocycles. The van der Waals surface area contributed by atoms with Gasteiger partial charge in [0.25, 0.3) is 0 Å². The molecule has 0 aliphatic rings. The van der Waals surface area contributed by atoms with Gasteiger partial charge in [-0.2, -0.15) is 0 Å². The van der Waals surface area contributed by atoms with Crippen LogP contribution in [0.5, 0.6) is 5.75 Å². The highest BCUT2D eigenvalue weighted by molar-refractivity contribution is 5.84. The van der Waals surface area contributed by atoms with Crippen LogP contribution in [0.1, 0.15) is 25.3 Å². The molecule has 2 aromatic carbocycles. The van der Waals surface area contributed by atoms with Crippen molar-refractivity contribution in [2.45, 2.75) is 26.7 Å². The number of carbonyl (C=O) groups is 1. The number of hydrogen-bond acceptors (Lipinski definition) is 3. The zero-order valence-corrected chi connectivity index (χ0v) is 12.0. The second-order valence-corrected chi connectivity index (χ2v) is 4.77. The summed E-state index contributed by atoms with van der Waals surface area (Å²) >= 11 is 0. The zero-order valence-electron chi connectivity index (χ0n) is 12.0. The molecule has 0 bridgehead atoms. The minimum atomic E-state index is -0.162. The van der Waals surface area contributed by atoms with Crippen LogP contribution in [0.4, 0.5) is 0 Å². The van der Waals surface area contributed by atoms with Crippen molar-refractivity contribution in [3.05, 3.63) is 42.0 Å². The van der Waals surface area contributed by atoms with Gasteiger partial charge in [-0.05, 0) is 43.2 Å². The van der Waals surface area contributed by atoms with Gasteiger partial charge in [-0.15, -0.1) is 0 Å². The normalized spacial score (nSPS) is 10.5. The van der Waals surface area contributed by atoms with Gasteiger partial charge in [-0.3, -0.25) is 4.79 Å². The van der Waals surface area contributed by atoms with Crippen LogP contribution in [-0.4, -0.2) is 19.2 Å². The summed E-state index contributed by atoms with van der Waals surface area (Å²) < 4.78 is 10.5. The molecule has 0 saturated heterocycles. The van der Waals surface area contributed by atoms with Crippen LogP contribution >= 0.6 is 0 Å². The van der Waals surface area contributed by atoms with Crippen molar-refractivity contribution >= 4 is 16.7 Å². The van der Waals surface area contributed by atoms with Crippen LogP contribution in [0, 0.1) is 6.92 Å². The van der Waals surface area contributed by atoms with Crippen LogP contribution in [0.3, 0.4) is 0 Å². The first-order chi connectivity index (χ1) is 9.69. The van der Waals surface area contributed by atoms with E-state index >= 15 is 0 Å². The van der Waals surface area contributed by atoms with E-state index in [0.29, 0.717) is 26.1 Å². The van der Waals surface area contributed by atoms with E-state index < -0.39 is 0 Å². The quantitative estimate of drug-likeness (QED) is 0.591. The van der Waals surface area contributed by atoms with Crippen LogP contribution in [-0.2, 0) is 9.53 Å². The molecule has 0 spiro atoms. The molecule has 0 aromatic heterocycles. The first-order valence-electron chi connectivity index (χ1n) is 6.98. The summed E-state index contributed by atoms with van der Waals surface area (Å²) in [5.41, 5.74) is 1.25. The van der Waals surface area contributed by atoms with Gasteiger partial charge >= 0.3 is 5.97 Å². The largest absolute Gasteiger partial charge is 0.494 e. The van der Waals surface area contributed by atoms with E-state index in [9.17, 15) is 4.79 Å². The number of benzene rings is 2. The summed E-state index contributed by atoms with van der Waals surface area (Å²) in [5, 5.41) is 2.38. The molecule has 0 saturated carbocycles. The van der Waals surface area contributed by atoms with Crippen LogP contribution in [0.15, 0.2) is 36.4 Å². The minimum Gasteiger partial charge on any atom is -0.494 e. The molecule has 20 heavy (non-hydrogen) atoms. The number of rotatable bonds is 6. The molecule has 0 aliphatic heterocycles. The Balaban J connectivity index is 1.87. The van der Waals surface area contributed by atoms with E-state index in [1.54, 1.807) is 0 Å². The lowest BCUT2D eigenvalue weighted by atomic mass is 10.1. The molecular formula is C17H20O3. The van der Waals surface area contributed by atoms with Gasteiger partial charge in [0.1, 0.15) is 5.75 Å². The SMILES string of the molecule is CCOC(=O)CCCOc1ccc2cc(C)ccc2c1. The molecule has 0 atom stereocenters. The lowest BCUT2D eigenvalue weighted by molar-refractivity contribution is -0.143. The third-order valence-corrected chi connectivity index (χ3v) is 3.07. The number of hydrogen-bond donors (Lipinski definition) is 0. The Bertz CT molecular complexity index is 590. The van der Waals surface area contributed by atoms with E-state index in [2.05, 4.69) is 31.2 Å². The van der Waals surface area contributed by atoms with Gasteiger partial charge in [0.15, 0.2) is 0 Å². The van der Waals surface area contributed by atoms with Gasteiger partial charge in [-0.1, -0.05) is 29.8 Å². The van der Waals surface area contributed by atoms with Crippen LogP contribution < -0.4 is 4.74 Å². The van der Waals surface area contributed by atoms with Gasteiger partial charge in [0.05, 0.1) is 13.2 Å². The van der Waals surface area contributed by atoms with Gasteiger partial charge < -0.3 is 9.47 Å². The Kier molecular flexibility index (Phi) is 4.99. The van der Waals surface area contributed by atoms with Crippen LogP contribution in [0.25, 0.3) is 10.8 Å². The Morgan fingerprint density at radius 2 is 1.85 bits per heavy atom. The van der Waals surface area contributed by atoms with Crippen molar-refractivity contribution in [3.8, 4) is 5.75 Å². The maximum atomic E-state index is 11.2. The number of carbonyl (C=O) groups excluding carboxylic acids is 1. The lowest BCUT2D eigenvalue weighted by Crippen LogP contribution is -2.06. The van der Waals surface area contributed by atoms with Crippen molar-refractivity contribution in [1.82, 2.24) is 0 Å². The molecule has 0 N–H and O–H groups in total. The third-order valence-electron chi connectivity index (χ3n) is 3.07. The fraction of sp³-hybridized carbons (Fsp3) is 0.353. The maximum absolute atomic E-state index is 11.2. The van der Waals surface area contributed by atoms with Crippen molar-refractivity contribution in [2.75, 3.05) is 13.2 Å². The van der Waals surface area contributed by atoms with Crippen molar-refractivity contribution < 1.29 is 14.3 Å². The molecular weight excluding hydrogens is 252 g/mol. The zero-order chi connectivity index (χ0) is 14.4. The molecule has 3 nitrogen and oxygen atoms in total. The molecule has 106 valence electrons. The second kappa shape index (κ2) is 6.94. The van der Waals surface area contributed by atoms with Crippen LogP contribution in [0.2, 0.25) is 0 Å². The summed E-state index contributed by atoms with van der Waals surface area (Å²) in [6.45, 7) is 4.85. The standard InChI is InChI=1S/C17H20O3/c1-3-19-17(18)5-4-10-20-16-9-8-14-11-13(2)6-7-15(14)12-16/h6-9,11-12H,3-5,10H2,1-2H3. The predicted octanol–water partition coefficient (Wildman–Crippen LogP) is 3.87. The van der Waals surface area contributed by atoms with Gasteiger partial charge in [-0.25, -0.2) is 0 Å². The highest BCUT2D eigenvalue weighted by atomic mass is 16.5. The highest BCUT2D eigenvalue weighted by Crippen LogP contribution is 2.22. The lowest BCUT2D eigenvalue weighted by Gasteiger charge is -2.07. The van der Waals surface area contributed by atoms with Crippen molar-refractivity contribution in [1.29, 1.82) is 0 Å². The van der Waals surface area contributed by atoms with Gasteiger partial charge in [0, 0.05) is 6.42 Å². The fourth-order valence-electron chi connectivity index (χ4n) is 2.07. The number of fused-ring (bicyclic) bond motifs is 1. The topological polar surface area (TPSA) is 35.5 Å². The smallest absolute Gasteiger partial charge is 0.305 e. The average molecular weight is 272 g/mol. The summed E-state index contributed by atoms with van der Waals surface area (Å²) in [6, 6.07) is 12.4.